The zero-order valence-corrected chi connectivity index (χ0v) is 19.4. The topological polar surface area (TPSA) is 111 Å². The monoisotopic (exact) mass is 457 g/mol. The Morgan fingerprint density at radius 2 is 1.85 bits per heavy atom. The van der Waals surface area contributed by atoms with E-state index >= 15 is 0 Å². The fourth-order valence-electron chi connectivity index (χ4n) is 3.16. The van der Waals surface area contributed by atoms with Gasteiger partial charge in [-0.2, -0.15) is 0 Å². The van der Waals surface area contributed by atoms with Crippen LogP contribution in [-0.2, 0) is 16.0 Å². The van der Waals surface area contributed by atoms with Crippen molar-refractivity contribution in [3.8, 4) is 11.5 Å². The van der Waals surface area contributed by atoms with Gasteiger partial charge >= 0.3 is 5.69 Å². The number of carbonyl (C=O) groups excluding carboxylic acids is 2. The van der Waals surface area contributed by atoms with Crippen molar-refractivity contribution >= 4 is 17.5 Å². The standard InChI is InChI=1S/C24H31N3O6/c1-5-17(2)25-24(29)18(3)26(14-13-19-9-7-6-8-10-19)23(28)16-33-20-11-12-21(27(30)31)22(15-20)32-4/h6-12,15,17-18H,5,13-14,16H2,1-4H3,(H,25,29)/t17-,18+/m1/s1. The molecule has 0 aliphatic carbocycles. The van der Waals surface area contributed by atoms with Crippen molar-refractivity contribution in [1.82, 2.24) is 10.2 Å². The van der Waals surface area contributed by atoms with Gasteiger partial charge in [-0.05, 0) is 38.3 Å². The van der Waals surface area contributed by atoms with E-state index in [1.54, 1.807) is 6.92 Å². The fraction of sp³-hybridized carbons (Fsp3) is 0.417. The molecule has 2 aromatic rings. The Morgan fingerprint density at radius 1 is 1.15 bits per heavy atom. The summed E-state index contributed by atoms with van der Waals surface area (Å²) >= 11 is 0. The normalized spacial score (nSPS) is 12.4. The van der Waals surface area contributed by atoms with E-state index < -0.39 is 11.0 Å². The highest BCUT2D eigenvalue weighted by atomic mass is 16.6. The second kappa shape index (κ2) is 12.4. The maximum atomic E-state index is 13.1. The smallest absolute Gasteiger partial charge is 0.311 e. The van der Waals surface area contributed by atoms with Crippen molar-refractivity contribution in [2.24, 2.45) is 0 Å². The van der Waals surface area contributed by atoms with Gasteiger partial charge in [-0.3, -0.25) is 19.7 Å². The molecule has 0 radical (unpaired) electrons. The minimum absolute atomic E-state index is 0.00477. The molecule has 2 aromatic carbocycles. The van der Waals surface area contributed by atoms with Crippen LogP contribution in [0, 0.1) is 10.1 Å². The minimum Gasteiger partial charge on any atom is -0.490 e. The second-order valence-corrected chi connectivity index (χ2v) is 7.70. The first-order valence-corrected chi connectivity index (χ1v) is 10.9. The van der Waals surface area contributed by atoms with Gasteiger partial charge in [0.2, 0.25) is 11.7 Å². The van der Waals surface area contributed by atoms with Crippen LogP contribution in [0.1, 0.15) is 32.8 Å². The van der Waals surface area contributed by atoms with Gasteiger partial charge in [-0.1, -0.05) is 37.3 Å². The average molecular weight is 458 g/mol. The number of carbonyl (C=O) groups is 2. The van der Waals surface area contributed by atoms with Gasteiger partial charge in [0.1, 0.15) is 11.8 Å². The Bertz CT molecular complexity index is 950. The molecule has 0 fully saturated rings. The molecule has 2 atom stereocenters. The molecule has 2 amide bonds. The van der Waals surface area contributed by atoms with Crippen LogP contribution < -0.4 is 14.8 Å². The summed E-state index contributed by atoms with van der Waals surface area (Å²) in [6.07, 6.45) is 1.36. The molecular formula is C24H31N3O6. The molecule has 33 heavy (non-hydrogen) atoms. The van der Waals surface area contributed by atoms with Gasteiger partial charge in [-0.25, -0.2) is 0 Å². The molecule has 0 spiro atoms. The first-order valence-electron chi connectivity index (χ1n) is 10.9. The third kappa shape index (κ3) is 7.48. The lowest BCUT2D eigenvalue weighted by molar-refractivity contribution is -0.385. The molecule has 0 aromatic heterocycles. The number of amides is 2. The molecule has 2 rings (SSSR count). The molecule has 0 unspecified atom stereocenters. The molecule has 178 valence electrons. The predicted molar refractivity (Wildman–Crippen MR) is 124 cm³/mol. The number of nitro groups is 1. The number of nitro benzene ring substituents is 1. The molecule has 0 bridgehead atoms. The Morgan fingerprint density at radius 3 is 2.45 bits per heavy atom. The van der Waals surface area contributed by atoms with E-state index in [1.807, 2.05) is 44.2 Å². The molecule has 0 aliphatic rings. The lowest BCUT2D eigenvalue weighted by Gasteiger charge is -2.29. The van der Waals surface area contributed by atoms with Crippen molar-refractivity contribution in [3.05, 3.63) is 64.2 Å². The zero-order chi connectivity index (χ0) is 24.4. The molecule has 0 saturated heterocycles. The average Bonchev–Trinajstić information content (AvgIpc) is 2.82. The van der Waals surface area contributed by atoms with Crippen LogP contribution in [0.15, 0.2) is 48.5 Å². The molecule has 0 heterocycles. The van der Waals surface area contributed by atoms with Crippen molar-refractivity contribution in [2.45, 2.75) is 45.7 Å². The van der Waals surface area contributed by atoms with Gasteiger partial charge < -0.3 is 19.7 Å². The van der Waals surface area contributed by atoms with Crippen LogP contribution in [0.5, 0.6) is 11.5 Å². The largest absolute Gasteiger partial charge is 0.490 e. The van der Waals surface area contributed by atoms with Gasteiger partial charge in [0.25, 0.3) is 5.91 Å². The number of hydrogen-bond donors (Lipinski definition) is 1. The number of benzene rings is 2. The number of nitrogens with zero attached hydrogens (tertiary/aromatic N) is 2. The van der Waals surface area contributed by atoms with Crippen LogP contribution in [0.4, 0.5) is 5.69 Å². The van der Waals surface area contributed by atoms with Crippen LogP contribution in [0.3, 0.4) is 0 Å². The van der Waals surface area contributed by atoms with E-state index in [0.29, 0.717) is 13.0 Å². The highest BCUT2D eigenvalue weighted by molar-refractivity contribution is 5.88. The van der Waals surface area contributed by atoms with Gasteiger partial charge in [0, 0.05) is 24.7 Å². The van der Waals surface area contributed by atoms with E-state index in [-0.39, 0.29) is 41.6 Å². The summed E-state index contributed by atoms with van der Waals surface area (Å²) in [7, 11) is 1.32. The summed E-state index contributed by atoms with van der Waals surface area (Å²) in [6, 6.07) is 13.0. The van der Waals surface area contributed by atoms with Gasteiger partial charge in [0.05, 0.1) is 12.0 Å². The Balaban J connectivity index is 2.13. The van der Waals surface area contributed by atoms with E-state index in [0.717, 1.165) is 12.0 Å². The van der Waals surface area contributed by atoms with Crippen molar-refractivity contribution in [3.63, 3.8) is 0 Å². The highest BCUT2D eigenvalue weighted by Crippen LogP contribution is 2.30. The summed E-state index contributed by atoms with van der Waals surface area (Å²) in [5.74, 6) is -0.310. The van der Waals surface area contributed by atoms with E-state index in [4.69, 9.17) is 9.47 Å². The molecule has 9 nitrogen and oxygen atoms in total. The first-order chi connectivity index (χ1) is 15.8. The maximum absolute atomic E-state index is 13.1. The van der Waals surface area contributed by atoms with Crippen molar-refractivity contribution in [1.29, 1.82) is 0 Å². The van der Waals surface area contributed by atoms with Crippen LogP contribution in [0.25, 0.3) is 0 Å². The minimum atomic E-state index is -0.690. The zero-order valence-electron chi connectivity index (χ0n) is 19.4. The lowest BCUT2D eigenvalue weighted by atomic mass is 10.1. The van der Waals surface area contributed by atoms with Crippen molar-refractivity contribution < 1.29 is 24.0 Å². The predicted octanol–water partition coefficient (Wildman–Crippen LogP) is 3.36. The van der Waals surface area contributed by atoms with E-state index in [1.165, 1.54) is 30.2 Å². The SMILES string of the molecule is CC[C@@H](C)NC(=O)[C@H](C)N(CCc1ccccc1)C(=O)COc1ccc([N+](=O)[O-])c(OC)c1. The number of rotatable bonds is 12. The van der Waals surface area contributed by atoms with Gasteiger partial charge in [-0.15, -0.1) is 0 Å². The van der Waals surface area contributed by atoms with Crippen LogP contribution in [0.2, 0.25) is 0 Å². The molecule has 1 N–H and O–H groups in total. The van der Waals surface area contributed by atoms with Crippen molar-refractivity contribution in [2.75, 3.05) is 20.3 Å². The fourth-order valence-corrected chi connectivity index (χ4v) is 3.16. The summed E-state index contributed by atoms with van der Waals surface area (Å²) in [5.41, 5.74) is 0.849. The number of ether oxygens (including phenoxy) is 2. The van der Waals surface area contributed by atoms with Crippen LogP contribution >= 0.6 is 0 Å². The number of hydrogen-bond acceptors (Lipinski definition) is 6. The maximum Gasteiger partial charge on any atom is 0.311 e. The quantitative estimate of drug-likeness (QED) is 0.386. The summed E-state index contributed by atoms with van der Waals surface area (Å²) in [5, 5.41) is 14.0. The molecule has 9 heteroatoms. The summed E-state index contributed by atoms with van der Waals surface area (Å²) in [4.78, 5) is 37.7. The number of methoxy groups -OCH3 is 1. The number of nitrogens with one attached hydrogen (secondary N) is 1. The third-order valence-electron chi connectivity index (χ3n) is 5.36. The third-order valence-corrected chi connectivity index (χ3v) is 5.36. The Hall–Kier alpha value is -3.62. The molecule has 0 aliphatic heterocycles. The van der Waals surface area contributed by atoms with E-state index in [2.05, 4.69) is 5.32 Å². The molecular weight excluding hydrogens is 426 g/mol. The Labute approximate surface area is 193 Å². The Kier molecular flexibility index (Phi) is 9.65. The van der Waals surface area contributed by atoms with E-state index in [9.17, 15) is 19.7 Å². The first kappa shape index (κ1) is 25.6. The second-order valence-electron chi connectivity index (χ2n) is 7.70. The van der Waals surface area contributed by atoms with Gasteiger partial charge in [0.15, 0.2) is 6.61 Å². The summed E-state index contributed by atoms with van der Waals surface area (Å²) in [6.45, 7) is 5.59. The molecule has 0 saturated carbocycles. The summed E-state index contributed by atoms with van der Waals surface area (Å²) < 4.78 is 10.6. The van der Waals surface area contributed by atoms with Crippen LogP contribution in [-0.4, -0.2) is 54.0 Å². The lowest BCUT2D eigenvalue weighted by Crippen LogP contribution is -2.51. The highest BCUT2D eigenvalue weighted by Gasteiger charge is 2.27.